The zero-order chi connectivity index (χ0) is 24.2. The summed E-state index contributed by atoms with van der Waals surface area (Å²) in [7, 11) is 0. The lowest BCUT2D eigenvalue weighted by molar-refractivity contribution is -0.208. The third-order valence-electron chi connectivity index (χ3n) is 6.68. The van der Waals surface area contributed by atoms with Gasteiger partial charge in [0.2, 0.25) is 6.41 Å². The number of hydrogen-bond acceptors (Lipinski definition) is 7. The van der Waals surface area contributed by atoms with Gasteiger partial charge in [-0.1, -0.05) is 5.16 Å². The number of fused-ring (bicyclic) bond motifs is 1. The highest BCUT2D eigenvalue weighted by molar-refractivity contribution is 5.87. The van der Waals surface area contributed by atoms with Gasteiger partial charge in [-0.2, -0.15) is 0 Å². The van der Waals surface area contributed by atoms with Crippen LogP contribution in [-0.2, 0) is 9.47 Å². The van der Waals surface area contributed by atoms with Crippen molar-refractivity contribution in [3.8, 4) is 11.1 Å². The number of rotatable bonds is 6. The molecule has 1 aliphatic heterocycles. The first-order valence-corrected chi connectivity index (χ1v) is 12.3. The molecule has 2 N–H and O–H groups in total. The summed E-state index contributed by atoms with van der Waals surface area (Å²) in [6.07, 6.45) is 2.54. The van der Waals surface area contributed by atoms with Crippen LogP contribution in [-0.4, -0.2) is 43.2 Å². The Labute approximate surface area is 199 Å². The summed E-state index contributed by atoms with van der Waals surface area (Å²) >= 11 is 0. The fourth-order valence-corrected chi connectivity index (χ4v) is 4.95. The zero-order valence-corrected chi connectivity index (χ0v) is 20.7. The Balaban J connectivity index is 1.73. The quantitative estimate of drug-likeness (QED) is 0.487. The fourth-order valence-electron chi connectivity index (χ4n) is 4.95. The third-order valence-corrected chi connectivity index (χ3v) is 6.68. The van der Waals surface area contributed by atoms with Gasteiger partial charge in [0.1, 0.15) is 17.7 Å². The van der Waals surface area contributed by atoms with Crippen molar-refractivity contribution in [2.75, 3.05) is 6.61 Å². The second kappa shape index (κ2) is 8.75. The molecular weight excluding hydrogens is 434 g/mol. The van der Waals surface area contributed by atoms with Crippen LogP contribution in [0, 0.1) is 13.8 Å². The highest BCUT2D eigenvalue weighted by atomic mass is 16.6. The van der Waals surface area contributed by atoms with Crippen LogP contribution in [0.5, 0.6) is 0 Å². The van der Waals surface area contributed by atoms with Gasteiger partial charge in [-0.15, -0.1) is 0 Å². The van der Waals surface area contributed by atoms with Crippen LogP contribution >= 0.6 is 0 Å². The van der Waals surface area contributed by atoms with Crippen LogP contribution in [0.4, 0.5) is 0 Å². The van der Waals surface area contributed by atoms with Crippen LogP contribution in [0.25, 0.3) is 22.2 Å². The van der Waals surface area contributed by atoms with E-state index in [-0.39, 0.29) is 12.0 Å². The van der Waals surface area contributed by atoms with Gasteiger partial charge < -0.3 is 24.2 Å². The van der Waals surface area contributed by atoms with E-state index in [1.807, 2.05) is 46.8 Å². The van der Waals surface area contributed by atoms with Gasteiger partial charge >= 0.3 is 0 Å². The van der Waals surface area contributed by atoms with Crippen molar-refractivity contribution < 1.29 is 24.2 Å². The van der Waals surface area contributed by atoms with Crippen LogP contribution in [0.1, 0.15) is 94.2 Å². The molecule has 3 aromatic rings. The second-order valence-corrected chi connectivity index (χ2v) is 10.7. The number of imidazole rings is 1. The van der Waals surface area contributed by atoms with E-state index in [0.29, 0.717) is 23.4 Å². The minimum Gasteiger partial charge on any atom is -0.386 e. The van der Waals surface area contributed by atoms with E-state index in [0.717, 1.165) is 60.3 Å². The minimum atomic E-state index is -1.20. The first-order valence-electron chi connectivity index (χ1n) is 12.3. The maximum Gasteiger partial charge on any atom is 0.243 e. The molecule has 2 fully saturated rings. The van der Waals surface area contributed by atoms with Crippen molar-refractivity contribution in [3.05, 3.63) is 35.0 Å². The molecule has 34 heavy (non-hydrogen) atoms. The second-order valence-electron chi connectivity index (χ2n) is 10.7. The lowest BCUT2D eigenvalue weighted by Gasteiger charge is -2.28. The number of ether oxygens (including phenoxy) is 2. The number of aliphatic hydroxyl groups excluding tert-OH is 2. The maximum absolute atomic E-state index is 11.5. The largest absolute Gasteiger partial charge is 0.386 e. The van der Waals surface area contributed by atoms with Crippen molar-refractivity contribution in [3.63, 3.8) is 0 Å². The lowest BCUT2D eigenvalue weighted by atomic mass is 9.93. The number of hydrogen-bond donors (Lipinski definition) is 2. The normalized spacial score (nSPS) is 21.2. The average Bonchev–Trinajstić information content (AvgIpc) is 3.48. The summed E-state index contributed by atoms with van der Waals surface area (Å²) < 4.78 is 19.1. The first kappa shape index (κ1) is 23.5. The number of aliphatic hydroxyl groups is 2. The van der Waals surface area contributed by atoms with E-state index >= 15 is 0 Å². The molecule has 1 saturated heterocycles. The molecule has 0 amide bonds. The molecule has 3 heterocycles. The Morgan fingerprint density at radius 3 is 2.47 bits per heavy atom. The first-order chi connectivity index (χ1) is 16.1. The number of nitrogens with zero attached hydrogens (tertiary/aromatic N) is 3. The van der Waals surface area contributed by atoms with E-state index in [4.69, 9.17) is 19.0 Å². The SMILES string of the molecule is Cc1noc(C)c1-c1cc(C(O)C2CCCCO2)c2nc(C3CC3)n(C(O)OC(C)(C)C)c2c1. The summed E-state index contributed by atoms with van der Waals surface area (Å²) in [6.45, 7) is 10.2. The van der Waals surface area contributed by atoms with E-state index in [9.17, 15) is 10.2 Å². The van der Waals surface area contributed by atoms with Crippen LogP contribution in [0.15, 0.2) is 16.7 Å². The van der Waals surface area contributed by atoms with Crippen molar-refractivity contribution in [2.24, 2.45) is 0 Å². The summed E-state index contributed by atoms with van der Waals surface area (Å²) in [5.41, 5.74) is 4.06. The maximum atomic E-state index is 11.5. The third kappa shape index (κ3) is 4.40. The zero-order valence-electron chi connectivity index (χ0n) is 20.7. The molecule has 184 valence electrons. The molecule has 1 saturated carbocycles. The van der Waals surface area contributed by atoms with Gasteiger partial charge in [0.15, 0.2) is 0 Å². The number of benzene rings is 1. The Morgan fingerprint density at radius 2 is 1.88 bits per heavy atom. The molecular formula is C26H35N3O5. The molecule has 0 bridgehead atoms. The van der Waals surface area contributed by atoms with E-state index in [2.05, 4.69) is 5.16 Å². The monoisotopic (exact) mass is 469 g/mol. The average molecular weight is 470 g/mol. The molecule has 3 unspecified atom stereocenters. The highest BCUT2D eigenvalue weighted by Crippen LogP contribution is 2.44. The van der Waals surface area contributed by atoms with E-state index in [1.165, 1.54) is 0 Å². The van der Waals surface area contributed by atoms with Crippen LogP contribution < -0.4 is 0 Å². The Morgan fingerprint density at radius 1 is 1.12 bits per heavy atom. The van der Waals surface area contributed by atoms with Gasteiger partial charge in [-0.25, -0.2) is 4.98 Å². The van der Waals surface area contributed by atoms with Crippen molar-refractivity contribution in [1.29, 1.82) is 0 Å². The van der Waals surface area contributed by atoms with Gasteiger partial charge in [0, 0.05) is 23.7 Å². The fraction of sp³-hybridized carbons (Fsp3) is 0.615. The van der Waals surface area contributed by atoms with Crippen molar-refractivity contribution in [2.45, 2.75) is 96.9 Å². The molecule has 0 spiro atoms. The molecule has 3 atom stereocenters. The number of aromatic nitrogens is 3. The standard InChI is InChI=1S/C26H35N3O5/c1-14-21(15(2)34-28-14)17-12-18(23(30)20-8-6-7-11-32-20)22-19(13-17)29(24(27-22)16-9-10-16)25(31)33-26(3,4)5/h12-13,16,20,23,25,30-31H,6-11H2,1-5H3. The van der Waals surface area contributed by atoms with Crippen molar-refractivity contribution >= 4 is 11.0 Å². The number of aryl methyl sites for hydroxylation is 2. The Bertz CT molecular complexity index is 1160. The van der Waals surface area contributed by atoms with Crippen LogP contribution in [0.2, 0.25) is 0 Å². The molecule has 0 radical (unpaired) electrons. The molecule has 2 aromatic heterocycles. The van der Waals surface area contributed by atoms with Gasteiger partial charge in [0.05, 0.1) is 28.4 Å². The Hall–Kier alpha value is -2.26. The van der Waals surface area contributed by atoms with Crippen LogP contribution in [0.3, 0.4) is 0 Å². The predicted molar refractivity (Wildman–Crippen MR) is 127 cm³/mol. The highest BCUT2D eigenvalue weighted by Gasteiger charge is 2.35. The minimum absolute atomic E-state index is 0.268. The van der Waals surface area contributed by atoms with Gasteiger partial charge in [-0.3, -0.25) is 4.57 Å². The predicted octanol–water partition coefficient (Wildman–Crippen LogP) is 5.05. The van der Waals surface area contributed by atoms with E-state index < -0.39 is 18.1 Å². The molecule has 1 aliphatic carbocycles. The van der Waals surface area contributed by atoms with E-state index in [1.54, 1.807) is 4.57 Å². The van der Waals surface area contributed by atoms with Gasteiger partial charge in [-0.05, 0) is 84.4 Å². The smallest absolute Gasteiger partial charge is 0.243 e. The molecule has 5 rings (SSSR count). The Kier molecular flexibility index (Phi) is 6.04. The summed E-state index contributed by atoms with van der Waals surface area (Å²) in [5.74, 6) is 1.76. The molecule has 8 nitrogen and oxygen atoms in total. The summed E-state index contributed by atoms with van der Waals surface area (Å²) in [4.78, 5) is 4.98. The summed E-state index contributed by atoms with van der Waals surface area (Å²) in [5, 5.41) is 26.8. The molecule has 1 aromatic carbocycles. The molecule has 8 heteroatoms. The molecule has 2 aliphatic rings. The lowest BCUT2D eigenvalue weighted by Crippen LogP contribution is -2.27. The topological polar surface area (TPSA) is 103 Å². The van der Waals surface area contributed by atoms with Gasteiger partial charge in [0.25, 0.3) is 0 Å². The summed E-state index contributed by atoms with van der Waals surface area (Å²) in [6, 6.07) is 3.97. The van der Waals surface area contributed by atoms with Crippen molar-refractivity contribution in [1.82, 2.24) is 14.7 Å².